The molecule has 0 amide bonds. The zero-order valence-electron chi connectivity index (χ0n) is 11.8. The lowest BCUT2D eigenvalue weighted by Crippen LogP contribution is -2.26. The molecular formula is C14H23N3O2. The summed E-state index contributed by atoms with van der Waals surface area (Å²) in [5.41, 5.74) is -0.0288. The quantitative estimate of drug-likeness (QED) is 0.851. The van der Waals surface area contributed by atoms with Crippen LogP contribution < -0.4 is 10.9 Å². The van der Waals surface area contributed by atoms with E-state index in [0.29, 0.717) is 17.7 Å². The monoisotopic (exact) mass is 265 g/mol. The van der Waals surface area contributed by atoms with Crippen LogP contribution in [0.5, 0.6) is 0 Å². The Balaban J connectivity index is 1.90. The first-order valence-electron chi connectivity index (χ1n) is 7.04. The molecule has 5 heteroatoms. The number of anilines is 1. The molecule has 2 rings (SSSR count). The molecule has 2 heterocycles. The Morgan fingerprint density at radius 1 is 1.58 bits per heavy atom. The smallest absolute Gasteiger partial charge is 0.293 e. The highest BCUT2D eigenvalue weighted by Gasteiger charge is 2.15. The zero-order valence-corrected chi connectivity index (χ0v) is 11.8. The van der Waals surface area contributed by atoms with Gasteiger partial charge in [-0.15, -0.1) is 0 Å². The van der Waals surface area contributed by atoms with Crippen LogP contribution in [0.25, 0.3) is 0 Å². The van der Waals surface area contributed by atoms with Crippen molar-refractivity contribution >= 4 is 5.82 Å². The van der Waals surface area contributed by atoms with Gasteiger partial charge in [-0.1, -0.05) is 13.8 Å². The lowest BCUT2D eigenvalue weighted by molar-refractivity contribution is 0.185. The summed E-state index contributed by atoms with van der Waals surface area (Å²) in [4.78, 5) is 16.3. The van der Waals surface area contributed by atoms with Crippen molar-refractivity contribution in [1.29, 1.82) is 0 Å². The third-order valence-corrected chi connectivity index (χ3v) is 3.34. The van der Waals surface area contributed by atoms with Gasteiger partial charge in [0.15, 0.2) is 5.82 Å². The predicted molar refractivity (Wildman–Crippen MR) is 75.4 cm³/mol. The largest absolute Gasteiger partial charge is 0.381 e. The normalized spacial score (nSPS) is 19.0. The molecule has 0 spiro atoms. The van der Waals surface area contributed by atoms with Crippen molar-refractivity contribution in [1.82, 2.24) is 9.55 Å². The number of ether oxygens (including phenoxy) is 1. The predicted octanol–water partition coefficient (Wildman–Crippen LogP) is 1.74. The van der Waals surface area contributed by atoms with E-state index in [1.165, 1.54) is 0 Å². The van der Waals surface area contributed by atoms with Crippen molar-refractivity contribution in [2.75, 3.05) is 25.1 Å². The maximum Gasteiger partial charge on any atom is 0.293 e. The fourth-order valence-corrected chi connectivity index (χ4v) is 2.31. The molecule has 0 radical (unpaired) electrons. The van der Waals surface area contributed by atoms with Gasteiger partial charge in [0.2, 0.25) is 0 Å². The molecule has 1 aromatic rings. The maximum atomic E-state index is 12.1. The van der Waals surface area contributed by atoms with E-state index >= 15 is 0 Å². The minimum Gasteiger partial charge on any atom is -0.381 e. The lowest BCUT2D eigenvalue weighted by Gasteiger charge is -2.12. The van der Waals surface area contributed by atoms with Crippen LogP contribution in [0.1, 0.15) is 26.7 Å². The standard InChI is InChI=1S/C14H23N3O2/c1-11(2)9-17-7-6-16-13(14(17)18)15-5-3-12-4-8-19-10-12/h6-7,11-12H,3-5,8-10H2,1-2H3,(H,15,16). The summed E-state index contributed by atoms with van der Waals surface area (Å²) < 4.78 is 7.06. The van der Waals surface area contributed by atoms with Crippen LogP contribution in [-0.2, 0) is 11.3 Å². The zero-order chi connectivity index (χ0) is 13.7. The van der Waals surface area contributed by atoms with Gasteiger partial charge in [0, 0.05) is 38.7 Å². The first-order valence-corrected chi connectivity index (χ1v) is 7.04. The van der Waals surface area contributed by atoms with E-state index in [9.17, 15) is 4.79 Å². The van der Waals surface area contributed by atoms with Crippen molar-refractivity contribution in [2.24, 2.45) is 11.8 Å². The van der Waals surface area contributed by atoms with Gasteiger partial charge in [0.05, 0.1) is 0 Å². The number of hydrogen-bond acceptors (Lipinski definition) is 4. The fourth-order valence-electron chi connectivity index (χ4n) is 2.31. The van der Waals surface area contributed by atoms with Crippen LogP contribution in [0.2, 0.25) is 0 Å². The first kappa shape index (κ1) is 14.1. The highest BCUT2D eigenvalue weighted by atomic mass is 16.5. The number of nitrogens with one attached hydrogen (secondary N) is 1. The number of aromatic nitrogens is 2. The van der Waals surface area contributed by atoms with Crippen molar-refractivity contribution in [3.8, 4) is 0 Å². The molecule has 19 heavy (non-hydrogen) atoms. The Labute approximate surface area is 114 Å². The average molecular weight is 265 g/mol. The second-order valence-electron chi connectivity index (χ2n) is 5.57. The van der Waals surface area contributed by atoms with Gasteiger partial charge >= 0.3 is 0 Å². The molecule has 0 bridgehead atoms. The van der Waals surface area contributed by atoms with Crippen LogP contribution in [0.3, 0.4) is 0 Å². The molecule has 1 fully saturated rings. The summed E-state index contributed by atoms with van der Waals surface area (Å²) in [5, 5.41) is 3.15. The molecule has 1 atom stereocenters. The van der Waals surface area contributed by atoms with Gasteiger partial charge < -0.3 is 14.6 Å². The highest BCUT2D eigenvalue weighted by Crippen LogP contribution is 2.15. The third kappa shape index (κ3) is 4.06. The van der Waals surface area contributed by atoms with Gasteiger partial charge in [0.25, 0.3) is 5.56 Å². The van der Waals surface area contributed by atoms with E-state index in [1.54, 1.807) is 17.0 Å². The van der Waals surface area contributed by atoms with E-state index in [2.05, 4.69) is 24.1 Å². The van der Waals surface area contributed by atoms with Crippen LogP contribution >= 0.6 is 0 Å². The second-order valence-corrected chi connectivity index (χ2v) is 5.57. The second kappa shape index (κ2) is 6.70. The van der Waals surface area contributed by atoms with Gasteiger partial charge in [-0.3, -0.25) is 4.79 Å². The van der Waals surface area contributed by atoms with Gasteiger partial charge in [-0.05, 0) is 24.7 Å². The molecule has 0 aliphatic carbocycles. The van der Waals surface area contributed by atoms with E-state index in [-0.39, 0.29) is 5.56 Å². The van der Waals surface area contributed by atoms with Crippen LogP contribution in [0, 0.1) is 11.8 Å². The lowest BCUT2D eigenvalue weighted by atomic mass is 10.1. The number of rotatable bonds is 6. The Morgan fingerprint density at radius 3 is 3.11 bits per heavy atom. The SMILES string of the molecule is CC(C)Cn1ccnc(NCCC2CCOC2)c1=O. The topological polar surface area (TPSA) is 56.1 Å². The van der Waals surface area contributed by atoms with Crippen LogP contribution in [-0.4, -0.2) is 29.3 Å². The molecule has 1 saturated heterocycles. The van der Waals surface area contributed by atoms with Gasteiger partial charge in [-0.25, -0.2) is 4.98 Å². The summed E-state index contributed by atoms with van der Waals surface area (Å²) in [6.07, 6.45) is 5.59. The molecule has 0 aromatic carbocycles. The van der Waals surface area contributed by atoms with E-state index in [1.807, 2.05) is 0 Å². The molecule has 1 N–H and O–H groups in total. The summed E-state index contributed by atoms with van der Waals surface area (Å²) in [6, 6.07) is 0. The molecule has 1 aromatic heterocycles. The summed E-state index contributed by atoms with van der Waals surface area (Å²) in [6.45, 7) is 7.42. The highest BCUT2D eigenvalue weighted by molar-refractivity contribution is 5.30. The van der Waals surface area contributed by atoms with Gasteiger partial charge in [-0.2, -0.15) is 0 Å². The molecule has 5 nitrogen and oxygen atoms in total. The first-order chi connectivity index (χ1) is 9.16. The van der Waals surface area contributed by atoms with Crippen LogP contribution in [0.15, 0.2) is 17.2 Å². The van der Waals surface area contributed by atoms with E-state index in [4.69, 9.17) is 4.74 Å². The average Bonchev–Trinajstić information content (AvgIpc) is 2.86. The minimum absolute atomic E-state index is 0.0288. The molecule has 0 saturated carbocycles. The Hall–Kier alpha value is -1.36. The maximum absolute atomic E-state index is 12.1. The Bertz CT molecular complexity index is 450. The molecule has 1 aliphatic rings. The summed E-state index contributed by atoms with van der Waals surface area (Å²) in [7, 11) is 0. The summed E-state index contributed by atoms with van der Waals surface area (Å²) in [5.74, 6) is 1.53. The molecule has 1 unspecified atom stereocenters. The Kier molecular flexibility index (Phi) is 4.96. The van der Waals surface area contributed by atoms with Crippen LogP contribution in [0.4, 0.5) is 5.82 Å². The number of nitrogens with zero attached hydrogens (tertiary/aromatic N) is 2. The molecular weight excluding hydrogens is 242 g/mol. The van der Waals surface area contributed by atoms with Crippen molar-refractivity contribution in [3.05, 3.63) is 22.7 Å². The minimum atomic E-state index is -0.0288. The van der Waals surface area contributed by atoms with E-state index < -0.39 is 0 Å². The Morgan fingerprint density at radius 2 is 2.42 bits per heavy atom. The number of hydrogen-bond donors (Lipinski definition) is 1. The molecule has 106 valence electrons. The molecule has 1 aliphatic heterocycles. The van der Waals surface area contributed by atoms with Crippen molar-refractivity contribution < 1.29 is 4.74 Å². The van der Waals surface area contributed by atoms with Gasteiger partial charge in [0.1, 0.15) is 0 Å². The third-order valence-electron chi connectivity index (χ3n) is 3.34. The van der Waals surface area contributed by atoms with Crippen molar-refractivity contribution in [2.45, 2.75) is 33.2 Å². The van der Waals surface area contributed by atoms with E-state index in [0.717, 1.165) is 39.1 Å². The summed E-state index contributed by atoms with van der Waals surface area (Å²) >= 11 is 0. The fraction of sp³-hybridized carbons (Fsp3) is 0.714. The van der Waals surface area contributed by atoms with Crippen molar-refractivity contribution in [3.63, 3.8) is 0 Å².